The van der Waals surface area contributed by atoms with E-state index in [1.807, 2.05) is 12.1 Å². The van der Waals surface area contributed by atoms with Crippen molar-refractivity contribution in [2.24, 2.45) is 4.99 Å². The van der Waals surface area contributed by atoms with Crippen molar-refractivity contribution in [1.29, 1.82) is 0 Å². The third kappa shape index (κ3) is 6.09. The van der Waals surface area contributed by atoms with Crippen molar-refractivity contribution in [3.8, 4) is 5.75 Å². The molecule has 0 aliphatic carbocycles. The number of hydrogen-bond acceptors (Lipinski definition) is 3. The number of benzene rings is 1. The Hall–Kier alpha value is -1.96. The number of halogens is 3. The van der Waals surface area contributed by atoms with Crippen LogP contribution < -0.4 is 10.1 Å². The Morgan fingerprint density at radius 3 is 2.62 bits per heavy atom. The van der Waals surface area contributed by atoms with E-state index < -0.39 is 12.7 Å². The van der Waals surface area contributed by atoms with Crippen LogP contribution in [0, 0.1) is 0 Å². The van der Waals surface area contributed by atoms with Crippen LogP contribution in [0.25, 0.3) is 0 Å². The van der Waals surface area contributed by atoms with Gasteiger partial charge in [-0.25, -0.2) is 0 Å². The third-order valence-corrected chi connectivity index (χ3v) is 4.51. The summed E-state index contributed by atoms with van der Waals surface area (Å²) < 4.78 is 42.2. The van der Waals surface area contributed by atoms with Crippen molar-refractivity contribution in [2.75, 3.05) is 53.9 Å². The monoisotopic (exact) mass is 372 g/mol. The topological polar surface area (TPSA) is 40.1 Å². The van der Waals surface area contributed by atoms with Crippen molar-refractivity contribution >= 4 is 5.96 Å². The summed E-state index contributed by atoms with van der Waals surface area (Å²) in [5.41, 5.74) is 1.26. The number of ether oxygens (including phenoxy) is 1. The summed E-state index contributed by atoms with van der Waals surface area (Å²) in [6, 6.07) is 8.08. The zero-order chi connectivity index (χ0) is 19.2. The molecule has 0 bridgehead atoms. The molecule has 1 N–H and O–H groups in total. The molecule has 146 valence electrons. The highest BCUT2D eigenvalue weighted by atomic mass is 19.4. The van der Waals surface area contributed by atoms with Gasteiger partial charge >= 0.3 is 6.18 Å². The zero-order valence-electron chi connectivity index (χ0n) is 15.5. The highest BCUT2D eigenvalue weighted by Crippen LogP contribution is 2.28. The summed E-state index contributed by atoms with van der Waals surface area (Å²) in [5, 5.41) is 3.17. The molecule has 0 radical (unpaired) electrons. The Bertz CT molecular complexity index is 589. The molecular formula is C18H27F3N4O. The highest BCUT2D eigenvalue weighted by molar-refractivity contribution is 5.80. The van der Waals surface area contributed by atoms with E-state index >= 15 is 0 Å². The van der Waals surface area contributed by atoms with Gasteiger partial charge in [0.15, 0.2) is 5.96 Å². The summed E-state index contributed by atoms with van der Waals surface area (Å²) in [6.45, 7) is 1.52. The van der Waals surface area contributed by atoms with Gasteiger partial charge in [-0.15, -0.1) is 0 Å². The molecule has 1 aliphatic rings. The number of aliphatic imine (C=N–C) groups is 1. The van der Waals surface area contributed by atoms with Gasteiger partial charge < -0.3 is 15.0 Å². The van der Waals surface area contributed by atoms with Gasteiger partial charge in [0.2, 0.25) is 0 Å². The van der Waals surface area contributed by atoms with Crippen molar-refractivity contribution in [2.45, 2.75) is 18.5 Å². The van der Waals surface area contributed by atoms with E-state index in [0.29, 0.717) is 19.0 Å². The number of likely N-dealkylation sites (N-methyl/N-ethyl adjacent to an activating group) is 1. The molecule has 1 aromatic rings. The van der Waals surface area contributed by atoms with Crippen LogP contribution in [-0.2, 0) is 0 Å². The van der Waals surface area contributed by atoms with Gasteiger partial charge in [-0.2, -0.15) is 13.2 Å². The molecule has 0 aromatic heterocycles. The number of hydrogen-bond donors (Lipinski definition) is 1. The first kappa shape index (κ1) is 20.4. The van der Waals surface area contributed by atoms with Crippen LogP contribution in [0.5, 0.6) is 5.75 Å². The Labute approximate surface area is 152 Å². The number of nitrogens with one attached hydrogen (secondary N) is 1. The second kappa shape index (κ2) is 9.12. The number of likely N-dealkylation sites (tertiary alicyclic amines) is 1. The SMILES string of the molecule is CN=C(NCCN(C)CC(F)(F)F)N1CCC(c2ccc(OC)cc2)C1. The Kier molecular flexibility index (Phi) is 7.14. The summed E-state index contributed by atoms with van der Waals surface area (Å²) in [6.07, 6.45) is -3.15. The molecule has 26 heavy (non-hydrogen) atoms. The van der Waals surface area contributed by atoms with E-state index in [1.165, 1.54) is 17.5 Å². The number of nitrogens with zero attached hydrogens (tertiary/aromatic N) is 3. The fraction of sp³-hybridized carbons (Fsp3) is 0.611. The van der Waals surface area contributed by atoms with Gasteiger partial charge in [-0.05, 0) is 31.2 Å². The summed E-state index contributed by atoms with van der Waals surface area (Å²) in [5.74, 6) is 1.98. The van der Waals surface area contributed by atoms with Gasteiger partial charge in [0.1, 0.15) is 5.75 Å². The van der Waals surface area contributed by atoms with E-state index in [0.717, 1.165) is 31.2 Å². The van der Waals surface area contributed by atoms with Crippen LogP contribution in [0.15, 0.2) is 29.3 Å². The summed E-state index contributed by atoms with van der Waals surface area (Å²) in [7, 11) is 4.81. The summed E-state index contributed by atoms with van der Waals surface area (Å²) >= 11 is 0. The zero-order valence-corrected chi connectivity index (χ0v) is 15.5. The molecule has 1 heterocycles. The van der Waals surface area contributed by atoms with Crippen LogP contribution in [0.4, 0.5) is 13.2 Å². The average Bonchev–Trinajstić information content (AvgIpc) is 3.07. The summed E-state index contributed by atoms with van der Waals surface area (Å²) in [4.78, 5) is 7.67. The van der Waals surface area contributed by atoms with E-state index in [1.54, 1.807) is 14.2 Å². The lowest BCUT2D eigenvalue weighted by Crippen LogP contribution is -2.43. The molecule has 1 unspecified atom stereocenters. The second-order valence-corrected chi connectivity index (χ2v) is 6.53. The molecule has 1 aromatic carbocycles. The third-order valence-electron chi connectivity index (χ3n) is 4.51. The molecule has 1 saturated heterocycles. The van der Waals surface area contributed by atoms with Gasteiger partial charge in [-0.3, -0.25) is 9.89 Å². The number of methoxy groups -OCH3 is 1. The first-order valence-corrected chi connectivity index (χ1v) is 8.67. The molecular weight excluding hydrogens is 345 g/mol. The predicted octanol–water partition coefficient (Wildman–Crippen LogP) is 2.55. The Morgan fingerprint density at radius 1 is 1.35 bits per heavy atom. The molecule has 1 fully saturated rings. The first-order valence-electron chi connectivity index (χ1n) is 8.67. The van der Waals surface area contributed by atoms with Crippen molar-refractivity contribution in [3.63, 3.8) is 0 Å². The van der Waals surface area contributed by atoms with Crippen LogP contribution >= 0.6 is 0 Å². The van der Waals surface area contributed by atoms with Gasteiger partial charge in [0.25, 0.3) is 0 Å². The van der Waals surface area contributed by atoms with Crippen molar-refractivity contribution < 1.29 is 17.9 Å². The van der Waals surface area contributed by atoms with Crippen LogP contribution in [0.3, 0.4) is 0 Å². The number of rotatable bonds is 6. The maximum Gasteiger partial charge on any atom is 0.401 e. The van der Waals surface area contributed by atoms with E-state index in [-0.39, 0.29) is 0 Å². The lowest BCUT2D eigenvalue weighted by Gasteiger charge is -2.24. The van der Waals surface area contributed by atoms with Crippen molar-refractivity contribution in [3.05, 3.63) is 29.8 Å². The number of guanidine groups is 1. The maximum atomic E-state index is 12.4. The lowest BCUT2D eigenvalue weighted by atomic mass is 9.98. The van der Waals surface area contributed by atoms with E-state index in [9.17, 15) is 13.2 Å². The molecule has 1 atom stereocenters. The molecule has 5 nitrogen and oxygen atoms in total. The lowest BCUT2D eigenvalue weighted by molar-refractivity contribution is -0.142. The minimum atomic E-state index is -4.17. The average molecular weight is 372 g/mol. The van der Waals surface area contributed by atoms with Gasteiger partial charge in [0.05, 0.1) is 13.7 Å². The van der Waals surface area contributed by atoms with Crippen molar-refractivity contribution in [1.82, 2.24) is 15.1 Å². The number of alkyl halides is 3. The largest absolute Gasteiger partial charge is 0.497 e. The quantitative estimate of drug-likeness (QED) is 0.616. The molecule has 0 spiro atoms. The molecule has 2 rings (SSSR count). The molecule has 0 amide bonds. The second-order valence-electron chi connectivity index (χ2n) is 6.53. The Morgan fingerprint density at radius 2 is 2.04 bits per heavy atom. The van der Waals surface area contributed by atoms with Crippen LogP contribution in [0.1, 0.15) is 17.9 Å². The van der Waals surface area contributed by atoms with E-state index in [4.69, 9.17) is 4.74 Å². The highest BCUT2D eigenvalue weighted by Gasteiger charge is 2.29. The predicted molar refractivity (Wildman–Crippen MR) is 96.8 cm³/mol. The first-order chi connectivity index (χ1) is 12.3. The fourth-order valence-electron chi connectivity index (χ4n) is 3.18. The van der Waals surface area contributed by atoms with Crippen LogP contribution in [0.2, 0.25) is 0 Å². The fourth-order valence-corrected chi connectivity index (χ4v) is 3.18. The minimum Gasteiger partial charge on any atom is -0.497 e. The molecule has 1 aliphatic heterocycles. The van der Waals surface area contributed by atoms with Gasteiger partial charge in [0, 0.05) is 39.1 Å². The molecule has 8 heteroatoms. The molecule has 0 saturated carbocycles. The van der Waals surface area contributed by atoms with Gasteiger partial charge in [-0.1, -0.05) is 12.1 Å². The standard InChI is InChI=1S/C18H27F3N4O/c1-22-17(23-9-11-24(2)13-18(19,20)21)25-10-8-15(12-25)14-4-6-16(26-3)7-5-14/h4-7,15H,8-13H2,1-3H3,(H,22,23). The minimum absolute atomic E-state index is 0.300. The van der Waals surface area contributed by atoms with Crippen LogP contribution in [-0.4, -0.2) is 75.9 Å². The Balaban J connectivity index is 1.81. The smallest absolute Gasteiger partial charge is 0.401 e. The maximum absolute atomic E-state index is 12.4. The normalized spacial score (nSPS) is 18.5. The van der Waals surface area contributed by atoms with E-state index in [2.05, 4.69) is 27.3 Å².